The van der Waals surface area contributed by atoms with E-state index in [-0.39, 0.29) is 0 Å². The molecule has 0 aromatic carbocycles. The minimum Gasteiger partial charge on any atom is -0.339 e. The van der Waals surface area contributed by atoms with Gasteiger partial charge in [0.2, 0.25) is 0 Å². The predicted octanol–water partition coefficient (Wildman–Crippen LogP) is 2.55. The average molecular weight is 165 g/mol. The molecule has 0 saturated carbocycles. The van der Waals surface area contributed by atoms with Crippen molar-refractivity contribution < 1.29 is 0 Å². The molecule has 0 aromatic heterocycles. The smallest absolute Gasteiger partial charge is 0.0762 e. The third kappa shape index (κ3) is 1.24. The van der Waals surface area contributed by atoms with Crippen molar-refractivity contribution in [3.63, 3.8) is 0 Å². The third-order valence-corrected chi connectivity index (χ3v) is 1.84. The predicted molar refractivity (Wildman–Crippen MR) is 46.4 cm³/mol. The monoisotopic (exact) mass is 164 g/mol. The Labute approximate surface area is 71.0 Å². The van der Waals surface area contributed by atoms with E-state index in [9.17, 15) is 0 Å². The molecular formula is C9H7ClN. The Kier molecular flexibility index (Phi) is 1.59. The van der Waals surface area contributed by atoms with E-state index < -0.39 is 0 Å². The van der Waals surface area contributed by atoms with Crippen molar-refractivity contribution >= 4 is 11.6 Å². The fourth-order valence-electron chi connectivity index (χ4n) is 1.07. The summed E-state index contributed by atoms with van der Waals surface area (Å²) in [6, 6.07) is 0. The van der Waals surface area contributed by atoms with Gasteiger partial charge in [0.05, 0.1) is 6.54 Å². The highest BCUT2D eigenvalue weighted by Crippen LogP contribution is 2.22. The van der Waals surface area contributed by atoms with E-state index in [1.165, 1.54) is 0 Å². The maximum absolute atomic E-state index is 5.81. The van der Waals surface area contributed by atoms with Crippen LogP contribution in [0.5, 0.6) is 0 Å². The SMILES string of the molecule is ClC1=CC2=CC=C[CH]N2C=C1. The van der Waals surface area contributed by atoms with Gasteiger partial charge in [-0.15, -0.1) is 0 Å². The Balaban J connectivity index is 2.35. The number of hydrogen-bond donors (Lipinski definition) is 0. The summed E-state index contributed by atoms with van der Waals surface area (Å²) >= 11 is 5.81. The Morgan fingerprint density at radius 3 is 3.09 bits per heavy atom. The van der Waals surface area contributed by atoms with Gasteiger partial charge >= 0.3 is 0 Å². The molecule has 0 fully saturated rings. The molecule has 0 atom stereocenters. The lowest BCUT2D eigenvalue weighted by Gasteiger charge is -2.24. The largest absolute Gasteiger partial charge is 0.339 e. The first kappa shape index (κ1) is 6.74. The topological polar surface area (TPSA) is 3.24 Å². The van der Waals surface area contributed by atoms with Gasteiger partial charge in [-0.1, -0.05) is 23.8 Å². The molecule has 2 rings (SSSR count). The summed E-state index contributed by atoms with van der Waals surface area (Å²) < 4.78 is 0. The molecule has 55 valence electrons. The number of allylic oxidation sites excluding steroid dienone is 5. The highest BCUT2D eigenvalue weighted by molar-refractivity contribution is 6.31. The third-order valence-electron chi connectivity index (χ3n) is 1.60. The molecule has 0 aliphatic carbocycles. The second kappa shape index (κ2) is 2.59. The van der Waals surface area contributed by atoms with Crippen LogP contribution in [-0.2, 0) is 0 Å². The van der Waals surface area contributed by atoms with Crippen molar-refractivity contribution in [3.8, 4) is 0 Å². The molecule has 0 spiro atoms. The molecule has 0 N–H and O–H groups in total. The molecule has 0 saturated heterocycles. The first-order valence-corrected chi connectivity index (χ1v) is 3.79. The summed E-state index contributed by atoms with van der Waals surface area (Å²) in [4.78, 5) is 2.02. The van der Waals surface area contributed by atoms with Crippen LogP contribution in [0.3, 0.4) is 0 Å². The molecule has 11 heavy (non-hydrogen) atoms. The fraction of sp³-hybridized carbons (Fsp3) is 0. The first-order valence-electron chi connectivity index (χ1n) is 3.42. The first-order chi connectivity index (χ1) is 5.36. The molecule has 0 amide bonds. The Morgan fingerprint density at radius 1 is 1.27 bits per heavy atom. The lowest BCUT2D eigenvalue weighted by molar-refractivity contribution is 0.593. The van der Waals surface area contributed by atoms with Crippen molar-refractivity contribution in [2.24, 2.45) is 0 Å². The van der Waals surface area contributed by atoms with Gasteiger partial charge in [0.25, 0.3) is 0 Å². The van der Waals surface area contributed by atoms with Crippen molar-refractivity contribution in [2.45, 2.75) is 0 Å². The number of rotatable bonds is 0. The molecular weight excluding hydrogens is 158 g/mol. The summed E-state index contributed by atoms with van der Waals surface area (Å²) in [5, 5.41) is 0.774. The number of halogens is 1. The molecule has 2 heteroatoms. The molecule has 0 aromatic rings. The number of nitrogens with zero attached hydrogens (tertiary/aromatic N) is 1. The zero-order valence-corrected chi connectivity index (χ0v) is 6.62. The van der Waals surface area contributed by atoms with Crippen molar-refractivity contribution in [2.75, 3.05) is 0 Å². The maximum Gasteiger partial charge on any atom is 0.0762 e. The second-order valence-corrected chi connectivity index (χ2v) is 2.81. The van der Waals surface area contributed by atoms with E-state index >= 15 is 0 Å². The molecule has 1 radical (unpaired) electrons. The normalized spacial score (nSPS) is 21.0. The molecule has 2 aliphatic rings. The van der Waals surface area contributed by atoms with Gasteiger partial charge in [0.15, 0.2) is 0 Å². The average Bonchev–Trinajstić information content (AvgIpc) is 2.04. The minimum atomic E-state index is 0.774. The van der Waals surface area contributed by atoms with E-state index in [0.717, 1.165) is 10.7 Å². The van der Waals surface area contributed by atoms with E-state index in [1.54, 1.807) is 0 Å². The summed E-state index contributed by atoms with van der Waals surface area (Å²) in [5.41, 5.74) is 1.11. The van der Waals surface area contributed by atoms with E-state index in [2.05, 4.69) is 0 Å². The Morgan fingerprint density at radius 2 is 2.18 bits per heavy atom. The van der Waals surface area contributed by atoms with E-state index in [0.29, 0.717) is 0 Å². The van der Waals surface area contributed by atoms with Gasteiger partial charge in [-0.05, 0) is 18.2 Å². The van der Waals surface area contributed by atoms with Gasteiger partial charge < -0.3 is 4.90 Å². The lowest BCUT2D eigenvalue weighted by atomic mass is 10.2. The Hall–Kier alpha value is -0.950. The van der Waals surface area contributed by atoms with Crippen LogP contribution in [0, 0.1) is 6.54 Å². The van der Waals surface area contributed by atoms with Crippen LogP contribution in [0.15, 0.2) is 47.3 Å². The van der Waals surface area contributed by atoms with Gasteiger partial charge in [-0.3, -0.25) is 0 Å². The zero-order valence-electron chi connectivity index (χ0n) is 5.87. The summed E-state index contributed by atoms with van der Waals surface area (Å²) in [6.45, 7) is 1.99. The summed E-state index contributed by atoms with van der Waals surface area (Å²) in [5.74, 6) is 0. The molecule has 2 aliphatic heterocycles. The van der Waals surface area contributed by atoms with Crippen molar-refractivity contribution in [1.29, 1.82) is 0 Å². The summed E-state index contributed by atoms with van der Waals surface area (Å²) in [6.07, 6.45) is 11.7. The Bertz CT molecular complexity index is 284. The highest BCUT2D eigenvalue weighted by Gasteiger charge is 2.09. The van der Waals surface area contributed by atoms with Gasteiger partial charge in [0, 0.05) is 16.9 Å². The van der Waals surface area contributed by atoms with E-state index in [4.69, 9.17) is 11.6 Å². The van der Waals surface area contributed by atoms with Gasteiger partial charge in [-0.2, -0.15) is 0 Å². The van der Waals surface area contributed by atoms with Crippen LogP contribution in [0.4, 0.5) is 0 Å². The standard InChI is InChI=1S/C9H7ClN/c10-8-4-6-11-5-2-1-3-9(11)7-8/h1-7H. The maximum atomic E-state index is 5.81. The quantitative estimate of drug-likeness (QED) is 0.532. The highest BCUT2D eigenvalue weighted by atomic mass is 35.5. The van der Waals surface area contributed by atoms with Crippen molar-refractivity contribution in [3.05, 3.63) is 53.9 Å². The molecule has 2 heterocycles. The zero-order chi connectivity index (χ0) is 7.68. The van der Waals surface area contributed by atoms with Crippen molar-refractivity contribution in [1.82, 2.24) is 4.90 Å². The van der Waals surface area contributed by atoms with Crippen LogP contribution in [-0.4, -0.2) is 4.90 Å². The van der Waals surface area contributed by atoms with Crippen LogP contribution in [0.1, 0.15) is 0 Å². The van der Waals surface area contributed by atoms with Gasteiger partial charge in [0.1, 0.15) is 0 Å². The fourth-order valence-corrected chi connectivity index (χ4v) is 1.24. The van der Waals surface area contributed by atoms with Gasteiger partial charge in [-0.25, -0.2) is 0 Å². The second-order valence-electron chi connectivity index (χ2n) is 2.38. The minimum absolute atomic E-state index is 0.774. The summed E-state index contributed by atoms with van der Waals surface area (Å²) in [7, 11) is 0. The molecule has 1 nitrogen and oxygen atoms in total. The molecule has 0 unspecified atom stereocenters. The van der Waals surface area contributed by atoms with Crippen LogP contribution >= 0.6 is 11.6 Å². The molecule has 0 bridgehead atoms. The van der Waals surface area contributed by atoms with E-state index in [1.807, 2.05) is 48.0 Å². The van der Waals surface area contributed by atoms with Crippen LogP contribution in [0.25, 0.3) is 0 Å². The lowest BCUT2D eigenvalue weighted by Crippen LogP contribution is -2.15. The number of fused-ring (bicyclic) bond motifs is 1. The van der Waals surface area contributed by atoms with Crippen LogP contribution in [0.2, 0.25) is 0 Å². The van der Waals surface area contributed by atoms with Crippen LogP contribution < -0.4 is 0 Å². The number of hydrogen-bond acceptors (Lipinski definition) is 1.